The molecule has 7 heteroatoms. The van der Waals surface area contributed by atoms with E-state index in [0.717, 1.165) is 24.8 Å². The molecule has 2 aliphatic heterocycles. The van der Waals surface area contributed by atoms with Crippen LogP contribution in [0, 0.1) is 5.82 Å². The first-order valence-corrected chi connectivity index (χ1v) is 9.02. The highest BCUT2D eigenvalue weighted by molar-refractivity contribution is 8.14. The van der Waals surface area contributed by atoms with Crippen molar-refractivity contribution < 1.29 is 9.18 Å². The number of fused-ring (bicyclic) bond motifs is 1. The van der Waals surface area contributed by atoms with Gasteiger partial charge in [-0.15, -0.1) is 0 Å². The van der Waals surface area contributed by atoms with Crippen molar-refractivity contribution in [1.29, 1.82) is 0 Å². The molecule has 2 aliphatic rings. The average molecular weight is 346 g/mol. The Kier molecular flexibility index (Phi) is 3.96. The van der Waals surface area contributed by atoms with Gasteiger partial charge in [-0.1, -0.05) is 24.8 Å². The second-order valence-corrected chi connectivity index (χ2v) is 7.62. The summed E-state index contributed by atoms with van der Waals surface area (Å²) < 4.78 is 13.8. The molecule has 0 unspecified atom stereocenters. The molecule has 3 heterocycles. The fourth-order valence-corrected chi connectivity index (χ4v) is 4.13. The van der Waals surface area contributed by atoms with Gasteiger partial charge in [-0.2, -0.15) is 0 Å². The van der Waals surface area contributed by atoms with E-state index in [-0.39, 0.29) is 11.7 Å². The molecule has 1 N–H and O–H groups in total. The van der Waals surface area contributed by atoms with Crippen molar-refractivity contribution in [1.82, 2.24) is 14.8 Å². The largest absolute Gasteiger partial charge is 0.350 e. The van der Waals surface area contributed by atoms with Crippen molar-refractivity contribution in [3.8, 4) is 0 Å². The van der Waals surface area contributed by atoms with Crippen LogP contribution in [0.2, 0.25) is 0 Å². The number of piperazine rings is 1. The lowest BCUT2D eigenvalue weighted by molar-refractivity contribution is 0.0688. The van der Waals surface area contributed by atoms with Crippen LogP contribution in [-0.4, -0.2) is 63.8 Å². The number of carbonyl (C=O) groups is 1. The average Bonchev–Trinajstić information content (AvgIpc) is 3.21. The van der Waals surface area contributed by atoms with Gasteiger partial charge in [0.2, 0.25) is 0 Å². The molecule has 0 bridgehead atoms. The van der Waals surface area contributed by atoms with Crippen molar-refractivity contribution in [2.24, 2.45) is 4.99 Å². The zero-order chi connectivity index (χ0) is 16.7. The molecule has 5 nitrogen and oxygen atoms in total. The van der Waals surface area contributed by atoms with Crippen LogP contribution in [0.1, 0.15) is 17.4 Å². The molecule has 24 heavy (non-hydrogen) atoms. The maximum Gasteiger partial charge on any atom is 0.270 e. The summed E-state index contributed by atoms with van der Waals surface area (Å²) in [5.74, 6) is -0.377. The highest BCUT2D eigenvalue weighted by Gasteiger charge is 2.27. The predicted molar refractivity (Wildman–Crippen MR) is 95.1 cm³/mol. The van der Waals surface area contributed by atoms with E-state index in [2.05, 4.69) is 21.8 Å². The van der Waals surface area contributed by atoms with Crippen molar-refractivity contribution in [3.63, 3.8) is 0 Å². The van der Waals surface area contributed by atoms with E-state index in [0.29, 0.717) is 34.9 Å². The Morgan fingerprint density at radius 3 is 2.79 bits per heavy atom. The number of thioether (sulfide) groups is 1. The number of halogens is 1. The molecule has 1 atom stereocenters. The number of H-pyrrole nitrogens is 1. The van der Waals surface area contributed by atoms with E-state index >= 15 is 0 Å². The van der Waals surface area contributed by atoms with Gasteiger partial charge in [0.1, 0.15) is 11.5 Å². The fourth-order valence-electron chi connectivity index (χ4n) is 3.14. The zero-order valence-electron chi connectivity index (χ0n) is 13.5. The molecule has 4 rings (SSSR count). The number of rotatable bonds is 1. The molecule has 1 amide bonds. The first-order chi connectivity index (χ1) is 11.6. The van der Waals surface area contributed by atoms with E-state index < -0.39 is 0 Å². The van der Waals surface area contributed by atoms with Crippen LogP contribution in [0.4, 0.5) is 4.39 Å². The number of carbonyl (C=O) groups excluding carboxylic acids is 1. The quantitative estimate of drug-likeness (QED) is 0.863. The van der Waals surface area contributed by atoms with Crippen LogP contribution in [0.3, 0.4) is 0 Å². The molecule has 0 radical (unpaired) electrons. The molecule has 1 aromatic heterocycles. The normalized spacial score (nSPS) is 21.4. The summed E-state index contributed by atoms with van der Waals surface area (Å²) in [5.41, 5.74) is 1.10. The van der Waals surface area contributed by atoms with Gasteiger partial charge in [0.25, 0.3) is 5.91 Å². The van der Waals surface area contributed by atoms with Gasteiger partial charge < -0.3 is 14.8 Å². The lowest BCUT2D eigenvalue weighted by atomic mass is 10.2. The molecule has 1 saturated heterocycles. The minimum Gasteiger partial charge on any atom is -0.350 e. The molecule has 2 aromatic rings. The number of benzene rings is 1. The van der Waals surface area contributed by atoms with Crippen LogP contribution < -0.4 is 0 Å². The Hall–Kier alpha value is -2.02. The second kappa shape index (κ2) is 6.12. The molecule has 126 valence electrons. The third kappa shape index (κ3) is 2.77. The van der Waals surface area contributed by atoms with E-state index in [9.17, 15) is 9.18 Å². The summed E-state index contributed by atoms with van der Waals surface area (Å²) in [6.07, 6.45) is 0. The number of aliphatic imine (C=N–C) groups is 1. The van der Waals surface area contributed by atoms with E-state index in [1.165, 1.54) is 6.07 Å². The Bertz CT molecular complexity index is 810. The Balaban J connectivity index is 1.45. The predicted octanol–water partition coefficient (Wildman–Crippen LogP) is 2.56. The van der Waals surface area contributed by atoms with Crippen molar-refractivity contribution >= 4 is 33.7 Å². The van der Waals surface area contributed by atoms with Gasteiger partial charge in [-0.3, -0.25) is 9.79 Å². The monoisotopic (exact) mass is 346 g/mol. The van der Waals surface area contributed by atoms with Crippen molar-refractivity contribution in [2.45, 2.75) is 12.2 Å². The maximum atomic E-state index is 13.8. The summed E-state index contributed by atoms with van der Waals surface area (Å²) in [6, 6.07) is 6.44. The Morgan fingerprint density at radius 2 is 2.12 bits per heavy atom. The minimum atomic E-state index is -0.307. The van der Waals surface area contributed by atoms with E-state index in [1.54, 1.807) is 18.2 Å². The van der Waals surface area contributed by atoms with Gasteiger partial charge in [0.15, 0.2) is 5.17 Å². The lowest BCUT2D eigenvalue weighted by Crippen LogP contribution is -2.50. The zero-order valence-corrected chi connectivity index (χ0v) is 14.3. The highest BCUT2D eigenvalue weighted by atomic mass is 32.2. The standard InChI is InChI=1S/C17H19FN4OS/c1-11-10-19-17(24-11)22-7-5-21(6-8-22)16(23)15-9-12-13(18)3-2-4-14(12)20-15/h2-4,9,11,20H,5-8,10H2,1H3/t11-/m1/s1. The van der Waals surface area contributed by atoms with E-state index in [1.807, 2.05) is 16.7 Å². The summed E-state index contributed by atoms with van der Waals surface area (Å²) in [5, 5.41) is 2.10. The molecule has 0 spiro atoms. The summed E-state index contributed by atoms with van der Waals surface area (Å²) in [7, 11) is 0. The van der Waals surface area contributed by atoms with Gasteiger partial charge in [-0.25, -0.2) is 4.39 Å². The Labute approximate surface area is 143 Å². The highest BCUT2D eigenvalue weighted by Crippen LogP contribution is 2.24. The van der Waals surface area contributed by atoms with Crippen molar-refractivity contribution in [2.75, 3.05) is 32.7 Å². The molecule has 1 aromatic carbocycles. The lowest BCUT2D eigenvalue weighted by Gasteiger charge is -2.35. The molecule has 1 fully saturated rings. The first kappa shape index (κ1) is 15.5. The number of hydrogen-bond donors (Lipinski definition) is 1. The summed E-state index contributed by atoms with van der Waals surface area (Å²) in [6.45, 7) is 5.95. The third-order valence-corrected chi connectivity index (χ3v) is 5.62. The van der Waals surface area contributed by atoms with E-state index in [4.69, 9.17) is 0 Å². The number of amidine groups is 1. The van der Waals surface area contributed by atoms with Crippen molar-refractivity contribution in [3.05, 3.63) is 35.8 Å². The van der Waals surface area contributed by atoms with Gasteiger partial charge in [0.05, 0.1) is 6.54 Å². The first-order valence-electron chi connectivity index (χ1n) is 8.14. The number of aromatic nitrogens is 1. The maximum absolute atomic E-state index is 13.8. The van der Waals surface area contributed by atoms with Gasteiger partial charge >= 0.3 is 0 Å². The van der Waals surface area contributed by atoms with Gasteiger partial charge in [-0.05, 0) is 18.2 Å². The number of hydrogen-bond acceptors (Lipinski definition) is 4. The fraction of sp³-hybridized carbons (Fsp3) is 0.412. The minimum absolute atomic E-state index is 0.0698. The van der Waals surface area contributed by atoms with Gasteiger partial charge in [0, 0.05) is 42.3 Å². The SMILES string of the molecule is C[C@@H]1CN=C(N2CCN(C(=O)c3cc4c(F)cccc4[nH]3)CC2)S1. The summed E-state index contributed by atoms with van der Waals surface area (Å²) >= 11 is 1.81. The smallest absolute Gasteiger partial charge is 0.270 e. The third-order valence-electron chi connectivity index (χ3n) is 4.47. The van der Waals surface area contributed by atoms with Crippen LogP contribution in [0.5, 0.6) is 0 Å². The van der Waals surface area contributed by atoms with Crippen LogP contribution in [0.15, 0.2) is 29.3 Å². The number of aromatic amines is 1. The number of amides is 1. The number of nitrogens with one attached hydrogen (secondary N) is 1. The number of nitrogens with zero attached hydrogens (tertiary/aromatic N) is 3. The second-order valence-electron chi connectivity index (χ2n) is 6.22. The summed E-state index contributed by atoms with van der Waals surface area (Å²) in [4.78, 5) is 24.3. The van der Waals surface area contributed by atoms with Crippen LogP contribution in [0.25, 0.3) is 10.9 Å². The molecule has 0 aliphatic carbocycles. The Morgan fingerprint density at radius 1 is 1.33 bits per heavy atom. The molecular formula is C17H19FN4OS. The molecular weight excluding hydrogens is 327 g/mol. The molecule has 0 saturated carbocycles. The van der Waals surface area contributed by atoms with Crippen LogP contribution in [-0.2, 0) is 0 Å². The topological polar surface area (TPSA) is 51.7 Å². The van der Waals surface area contributed by atoms with Crippen LogP contribution >= 0.6 is 11.8 Å².